The molecule has 47 heavy (non-hydrogen) atoms. The molecule has 0 atom stereocenters. The van der Waals surface area contributed by atoms with E-state index in [1.807, 2.05) is 49.6 Å². The summed E-state index contributed by atoms with van der Waals surface area (Å²) in [7, 11) is 0. The summed E-state index contributed by atoms with van der Waals surface area (Å²) in [4.78, 5) is 19.6. The van der Waals surface area contributed by atoms with Crippen LogP contribution in [-0.4, -0.2) is 28.7 Å². The molecule has 9 aromatic rings. The van der Waals surface area contributed by atoms with E-state index < -0.39 is 0 Å². The average molecular weight is 792 g/mol. The van der Waals surface area contributed by atoms with E-state index in [4.69, 9.17) is 24.7 Å². The summed E-state index contributed by atoms with van der Waals surface area (Å²) in [6, 6.07) is 27.6. The van der Waals surface area contributed by atoms with E-state index in [0.717, 1.165) is 77.6 Å². The fourth-order valence-corrected chi connectivity index (χ4v) is 7.03. The molecule has 0 aliphatic heterocycles. The molecule has 0 N–H and O–H groups in total. The second kappa shape index (κ2) is 10.7. The Kier molecular flexibility index (Phi) is 6.67. The van der Waals surface area contributed by atoms with Gasteiger partial charge in [-0.2, -0.15) is 0 Å². The Morgan fingerprint density at radius 2 is 1.36 bits per heavy atom. The Hall–Kier alpha value is -5.13. The van der Waals surface area contributed by atoms with Gasteiger partial charge < -0.3 is 13.5 Å². The molecular formula is C39H28N6OPt. The molecule has 9 rings (SSSR count). The van der Waals surface area contributed by atoms with Crippen molar-refractivity contribution in [1.82, 2.24) is 28.7 Å². The van der Waals surface area contributed by atoms with Crippen LogP contribution in [0.25, 0.3) is 66.2 Å². The second-order valence-electron chi connectivity index (χ2n) is 12.1. The van der Waals surface area contributed by atoms with Gasteiger partial charge in [0.15, 0.2) is 0 Å². The standard InChI is InChI=1S/C39H28N6O.Pt/c1-21-16-22(2)35(23(3)17-21)33-20-44-34-9-7-14-40-36(34)29-13-11-27(19-32(29)38(44)43-33)46-26-10-12-28-30-8-6-15-41-37(30)45-25(5)24(4)42-39(45)31(28)18-26;/h6-17,20H,1-5H3;/q-2;+2. The van der Waals surface area contributed by atoms with Crippen molar-refractivity contribution < 1.29 is 25.8 Å². The van der Waals surface area contributed by atoms with Crippen molar-refractivity contribution >= 4 is 54.9 Å². The van der Waals surface area contributed by atoms with Gasteiger partial charge in [-0.3, -0.25) is 15.0 Å². The third-order valence-electron chi connectivity index (χ3n) is 9.08. The zero-order chi connectivity index (χ0) is 31.3. The van der Waals surface area contributed by atoms with Crippen LogP contribution < -0.4 is 4.74 Å². The maximum absolute atomic E-state index is 6.48. The number of rotatable bonds is 3. The summed E-state index contributed by atoms with van der Waals surface area (Å²) in [6.45, 7) is 10.5. The number of aryl methyl sites for hydroxylation is 5. The zero-order valence-electron chi connectivity index (χ0n) is 26.4. The van der Waals surface area contributed by atoms with E-state index in [-0.39, 0.29) is 21.1 Å². The number of imidazole rings is 2. The number of pyridine rings is 4. The molecule has 0 aliphatic carbocycles. The first kappa shape index (κ1) is 29.3. The first-order valence-electron chi connectivity index (χ1n) is 15.3. The summed E-state index contributed by atoms with van der Waals surface area (Å²) in [6.07, 6.45) is 5.76. The third-order valence-corrected chi connectivity index (χ3v) is 9.08. The Morgan fingerprint density at radius 3 is 2.13 bits per heavy atom. The van der Waals surface area contributed by atoms with Gasteiger partial charge in [-0.05, 0) is 69.3 Å². The van der Waals surface area contributed by atoms with Crippen LogP contribution in [0, 0.1) is 46.8 Å². The van der Waals surface area contributed by atoms with Crippen LogP contribution >= 0.6 is 0 Å². The average Bonchev–Trinajstić information content (AvgIpc) is 3.62. The first-order valence-corrected chi connectivity index (χ1v) is 15.3. The topological polar surface area (TPSA) is 69.6 Å². The summed E-state index contributed by atoms with van der Waals surface area (Å²) < 4.78 is 10.7. The van der Waals surface area contributed by atoms with Crippen LogP contribution in [0.1, 0.15) is 28.1 Å². The molecule has 0 saturated carbocycles. The van der Waals surface area contributed by atoms with Gasteiger partial charge in [-0.1, -0.05) is 69.6 Å². The smallest absolute Gasteiger partial charge is 0.497 e. The van der Waals surface area contributed by atoms with Crippen molar-refractivity contribution in [2.24, 2.45) is 0 Å². The molecular weight excluding hydrogens is 764 g/mol. The van der Waals surface area contributed by atoms with Gasteiger partial charge >= 0.3 is 21.1 Å². The monoisotopic (exact) mass is 791 g/mol. The molecule has 3 aromatic carbocycles. The molecule has 6 aromatic heterocycles. The quantitative estimate of drug-likeness (QED) is 0.132. The normalized spacial score (nSPS) is 11.8. The summed E-state index contributed by atoms with van der Waals surface area (Å²) >= 11 is 0. The number of hydrogen-bond acceptors (Lipinski definition) is 5. The molecule has 0 unspecified atom stereocenters. The number of ether oxygens (including phenoxy) is 1. The van der Waals surface area contributed by atoms with Crippen molar-refractivity contribution in [1.29, 1.82) is 0 Å². The van der Waals surface area contributed by atoms with Gasteiger partial charge in [0.2, 0.25) is 0 Å². The van der Waals surface area contributed by atoms with E-state index in [0.29, 0.717) is 11.5 Å². The molecule has 0 bridgehead atoms. The molecule has 7 nitrogen and oxygen atoms in total. The Morgan fingerprint density at radius 1 is 0.681 bits per heavy atom. The molecule has 0 radical (unpaired) electrons. The largest absolute Gasteiger partial charge is 2.00 e. The van der Waals surface area contributed by atoms with Crippen LogP contribution in [0.4, 0.5) is 0 Å². The fraction of sp³-hybridized carbons (Fsp3) is 0.128. The van der Waals surface area contributed by atoms with E-state index in [9.17, 15) is 0 Å². The predicted molar refractivity (Wildman–Crippen MR) is 183 cm³/mol. The minimum Gasteiger partial charge on any atom is -0.497 e. The SMILES string of the molecule is Cc1cc(C)c(-c2cn3c4cccnc4c4ccc(Oc5[c-]c6c(cc5)c5cccnc5n5c(C)c(C)nc65)[c-]c4c3n2)c(C)c1.[Pt+2]. The molecule has 230 valence electrons. The van der Waals surface area contributed by atoms with Crippen molar-refractivity contribution in [3.05, 3.63) is 119 Å². The molecule has 0 fully saturated rings. The van der Waals surface area contributed by atoms with Crippen molar-refractivity contribution in [3.8, 4) is 22.8 Å². The van der Waals surface area contributed by atoms with Gasteiger partial charge in [-0.15, -0.1) is 12.1 Å². The van der Waals surface area contributed by atoms with Gasteiger partial charge in [-0.25, -0.2) is 4.98 Å². The van der Waals surface area contributed by atoms with Crippen LogP contribution in [0.15, 0.2) is 79.3 Å². The predicted octanol–water partition coefficient (Wildman–Crippen LogP) is 8.98. The number of benzene rings is 3. The van der Waals surface area contributed by atoms with Gasteiger partial charge in [0.05, 0.1) is 28.0 Å². The van der Waals surface area contributed by atoms with E-state index in [1.54, 1.807) is 0 Å². The van der Waals surface area contributed by atoms with Crippen LogP contribution in [0.2, 0.25) is 0 Å². The first-order chi connectivity index (χ1) is 22.4. The van der Waals surface area contributed by atoms with Crippen LogP contribution in [0.5, 0.6) is 11.5 Å². The van der Waals surface area contributed by atoms with Gasteiger partial charge in [0, 0.05) is 47.0 Å². The van der Waals surface area contributed by atoms with E-state index >= 15 is 0 Å². The van der Waals surface area contributed by atoms with E-state index in [2.05, 4.69) is 85.2 Å². The maximum Gasteiger partial charge on any atom is 2.00 e. The fourth-order valence-electron chi connectivity index (χ4n) is 7.03. The van der Waals surface area contributed by atoms with Gasteiger partial charge in [0.1, 0.15) is 5.65 Å². The van der Waals surface area contributed by atoms with Crippen molar-refractivity contribution in [3.63, 3.8) is 0 Å². The van der Waals surface area contributed by atoms with Gasteiger partial charge in [0.25, 0.3) is 0 Å². The molecule has 0 saturated heterocycles. The summed E-state index contributed by atoms with van der Waals surface area (Å²) in [5.41, 5.74) is 12.1. The van der Waals surface area contributed by atoms with Crippen LogP contribution in [0.3, 0.4) is 0 Å². The second-order valence-corrected chi connectivity index (χ2v) is 12.1. The Labute approximate surface area is 285 Å². The summed E-state index contributed by atoms with van der Waals surface area (Å²) in [5.74, 6) is 1.15. The molecule has 6 heterocycles. The van der Waals surface area contributed by atoms with Crippen LogP contribution in [-0.2, 0) is 21.1 Å². The molecule has 8 heteroatoms. The number of hydrogen-bond donors (Lipinski definition) is 0. The molecule has 0 spiro atoms. The zero-order valence-corrected chi connectivity index (χ0v) is 28.7. The molecule has 0 aliphatic rings. The third kappa shape index (κ3) is 4.37. The van der Waals surface area contributed by atoms with Crippen molar-refractivity contribution in [2.75, 3.05) is 0 Å². The maximum atomic E-state index is 6.48. The molecule has 0 amide bonds. The number of aromatic nitrogens is 6. The Bertz CT molecular complexity index is 2720. The minimum atomic E-state index is 0. The number of nitrogens with zero attached hydrogens (tertiary/aromatic N) is 6. The van der Waals surface area contributed by atoms with E-state index in [1.165, 1.54) is 16.7 Å². The van der Waals surface area contributed by atoms with Crippen molar-refractivity contribution in [2.45, 2.75) is 34.6 Å². The minimum absolute atomic E-state index is 0. The summed E-state index contributed by atoms with van der Waals surface area (Å²) in [5, 5.41) is 4.77. The number of fused-ring (bicyclic) bond motifs is 12. The Balaban J connectivity index is 0.00000324.